The third-order valence-corrected chi connectivity index (χ3v) is 4.65. The first-order chi connectivity index (χ1) is 9.58. The van der Waals surface area contributed by atoms with E-state index in [9.17, 15) is 0 Å². The topological polar surface area (TPSA) is 47.0 Å². The molecule has 0 amide bonds. The minimum absolute atomic E-state index is 0.662. The molecule has 0 aliphatic carbocycles. The molecule has 5 heteroatoms. The fourth-order valence-electron chi connectivity index (χ4n) is 1.85. The highest BCUT2D eigenvalue weighted by Gasteiger charge is 2.09. The van der Waals surface area contributed by atoms with E-state index in [0.29, 0.717) is 5.25 Å². The van der Waals surface area contributed by atoms with Gasteiger partial charge in [0.05, 0.1) is 12.4 Å². The van der Waals surface area contributed by atoms with Gasteiger partial charge in [-0.3, -0.25) is 0 Å². The van der Waals surface area contributed by atoms with Crippen molar-refractivity contribution in [2.45, 2.75) is 51.7 Å². The zero-order valence-electron chi connectivity index (χ0n) is 13.3. The first-order valence-corrected chi connectivity index (χ1v) is 8.27. The Labute approximate surface area is 127 Å². The molecule has 0 bridgehead atoms. The van der Waals surface area contributed by atoms with Gasteiger partial charge in [0.1, 0.15) is 5.82 Å². The van der Waals surface area contributed by atoms with Gasteiger partial charge in [-0.15, -0.1) is 0 Å². The van der Waals surface area contributed by atoms with Crippen LogP contribution in [0.1, 0.15) is 43.0 Å². The van der Waals surface area contributed by atoms with E-state index >= 15 is 0 Å². The van der Waals surface area contributed by atoms with Gasteiger partial charge in [0, 0.05) is 42.4 Å². The fraction of sp³-hybridized carbons (Fsp3) is 0.733. The predicted molar refractivity (Wildman–Crippen MR) is 86.1 cm³/mol. The molecule has 0 spiro atoms. The standard InChI is InChI=1S/C15H27N3OS/c1-6-11(2)20-10-15-17-12(3)14(13(4)18-15)9-16-7-8-19-5/h11,16H,6-10H2,1-5H3. The second-order valence-corrected chi connectivity index (χ2v) is 6.42. The van der Waals surface area contributed by atoms with Gasteiger partial charge in [-0.1, -0.05) is 13.8 Å². The summed E-state index contributed by atoms with van der Waals surface area (Å²) in [5.41, 5.74) is 3.38. The summed E-state index contributed by atoms with van der Waals surface area (Å²) in [6.45, 7) is 11.0. The van der Waals surface area contributed by atoms with E-state index in [2.05, 4.69) is 43.0 Å². The maximum absolute atomic E-state index is 5.03. The minimum Gasteiger partial charge on any atom is -0.383 e. The lowest BCUT2D eigenvalue weighted by molar-refractivity contribution is 0.199. The van der Waals surface area contributed by atoms with Crippen LogP contribution in [0, 0.1) is 13.8 Å². The Morgan fingerprint density at radius 1 is 1.25 bits per heavy atom. The monoisotopic (exact) mass is 297 g/mol. The number of nitrogens with one attached hydrogen (secondary N) is 1. The third-order valence-electron chi connectivity index (χ3n) is 3.32. The molecule has 0 saturated carbocycles. The van der Waals surface area contributed by atoms with E-state index in [-0.39, 0.29) is 0 Å². The molecule has 1 unspecified atom stereocenters. The maximum atomic E-state index is 5.03. The van der Waals surface area contributed by atoms with Gasteiger partial charge in [0.2, 0.25) is 0 Å². The van der Waals surface area contributed by atoms with Gasteiger partial charge < -0.3 is 10.1 Å². The molecule has 0 aromatic carbocycles. The van der Waals surface area contributed by atoms with Crippen LogP contribution in [-0.2, 0) is 17.0 Å². The molecule has 0 fully saturated rings. The first kappa shape index (κ1) is 17.4. The van der Waals surface area contributed by atoms with Gasteiger partial charge in [-0.25, -0.2) is 9.97 Å². The molecule has 114 valence electrons. The van der Waals surface area contributed by atoms with Gasteiger partial charge in [-0.05, 0) is 20.3 Å². The number of hydrogen-bond acceptors (Lipinski definition) is 5. The molecule has 1 aromatic heterocycles. The van der Waals surface area contributed by atoms with E-state index in [1.54, 1.807) is 7.11 Å². The van der Waals surface area contributed by atoms with E-state index in [1.807, 2.05) is 11.8 Å². The summed E-state index contributed by atoms with van der Waals surface area (Å²) in [6.07, 6.45) is 1.18. The molecule has 0 aliphatic heterocycles. The predicted octanol–water partition coefficient (Wildman–Crippen LogP) is 2.86. The van der Waals surface area contributed by atoms with Crippen LogP contribution in [0.15, 0.2) is 0 Å². The number of thioether (sulfide) groups is 1. The smallest absolute Gasteiger partial charge is 0.138 e. The van der Waals surface area contributed by atoms with Crippen molar-refractivity contribution in [3.8, 4) is 0 Å². The quantitative estimate of drug-likeness (QED) is 0.710. The van der Waals surface area contributed by atoms with Crippen molar-refractivity contribution >= 4 is 11.8 Å². The highest BCUT2D eigenvalue weighted by molar-refractivity contribution is 7.99. The number of nitrogens with zero attached hydrogens (tertiary/aromatic N) is 2. The molecule has 0 radical (unpaired) electrons. The van der Waals surface area contributed by atoms with E-state index in [1.165, 1.54) is 12.0 Å². The molecule has 1 aromatic rings. The Morgan fingerprint density at radius 3 is 2.45 bits per heavy atom. The summed E-state index contributed by atoms with van der Waals surface area (Å²) in [5.74, 6) is 1.85. The van der Waals surface area contributed by atoms with Crippen molar-refractivity contribution in [2.75, 3.05) is 20.3 Å². The van der Waals surface area contributed by atoms with Crippen LogP contribution in [0.2, 0.25) is 0 Å². The molecule has 0 aliphatic rings. The molecule has 0 saturated heterocycles. The fourth-order valence-corrected chi connectivity index (χ4v) is 2.65. The number of ether oxygens (including phenoxy) is 1. The second kappa shape index (κ2) is 9.32. The Morgan fingerprint density at radius 2 is 1.90 bits per heavy atom. The van der Waals surface area contributed by atoms with Gasteiger partial charge in [0.25, 0.3) is 0 Å². The van der Waals surface area contributed by atoms with Crippen molar-refractivity contribution in [3.05, 3.63) is 22.8 Å². The summed E-state index contributed by atoms with van der Waals surface area (Å²) in [4.78, 5) is 9.27. The van der Waals surface area contributed by atoms with Crippen LogP contribution in [0.5, 0.6) is 0 Å². The number of rotatable bonds is 9. The zero-order chi connectivity index (χ0) is 15.0. The van der Waals surface area contributed by atoms with Gasteiger partial charge >= 0.3 is 0 Å². The normalized spacial score (nSPS) is 12.7. The molecule has 1 N–H and O–H groups in total. The third kappa shape index (κ3) is 5.77. The van der Waals surface area contributed by atoms with E-state index in [0.717, 1.165) is 42.7 Å². The zero-order valence-corrected chi connectivity index (χ0v) is 14.1. The maximum Gasteiger partial charge on any atom is 0.138 e. The summed E-state index contributed by atoms with van der Waals surface area (Å²) in [5, 5.41) is 4.01. The van der Waals surface area contributed by atoms with Crippen LogP contribution in [-0.4, -0.2) is 35.5 Å². The minimum atomic E-state index is 0.662. The number of methoxy groups -OCH3 is 1. The van der Waals surface area contributed by atoms with Crippen LogP contribution in [0.4, 0.5) is 0 Å². The average molecular weight is 297 g/mol. The Kier molecular flexibility index (Phi) is 8.11. The van der Waals surface area contributed by atoms with E-state index in [4.69, 9.17) is 4.74 Å². The molecular formula is C15H27N3OS. The average Bonchev–Trinajstić information content (AvgIpc) is 2.43. The van der Waals surface area contributed by atoms with Gasteiger partial charge in [-0.2, -0.15) is 11.8 Å². The second-order valence-electron chi connectivity index (χ2n) is 4.99. The lowest BCUT2D eigenvalue weighted by atomic mass is 10.1. The van der Waals surface area contributed by atoms with Crippen molar-refractivity contribution in [2.24, 2.45) is 0 Å². The number of aryl methyl sites for hydroxylation is 2. The van der Waals surface area contributed by atoms with Crippen molar-refractivity contribution in [3.63, 3.8) is 0 Å². The van der Waals surface area contributed by atoms with Crippen molar-refractivity contribution < 1.29 is 4.74 Å². The lowest BCUT2D eigenvalue weighted by Gasteiger charge is -2.13. The highest BCUT2D eigenvalue weighted by Crippen LogP contribution is 2.19. The lowest BCUT2D eigenvalue weighted by Crippen LogP contribution is -2.20. The number of hydrogen-bond donors (Lipinski definition) is 1. The number of aromatic nitrogens is 2. The molecule has 1 heterocycles. The van der Waals surface area contributed by atoms with Crippen LogP contribution in [0.3, 0.4) is 0 Å². The van der Waals surface area contributed by atoms with Gasteiger partial charge in [0.15, 0.2) is 0 Å². The highest BCUT2D eigenvalue weighted by atomic mass is 32.2. The van der Waals surface area contributed by atoms with E-state index < -0.39 is 0 Å². The summed E-state index contributed by atoms with van der Waals surface area (Å²) in [7, 11) is 1.71. The Balaban J connectivity index is 2.61. The summed E-state index contributed by atoms with van der Waals surface area (Å²) < 4.78 is 5.03. The van der Waals surface area contributed by atoms with Crippen LogP contribution >= 0.6 is 11.8 Å². The van der Waals surface area contributed by atoms with Crippen molar-refractivity contribution in [1.82, 2.24) is 15.3 Å². The van der Waals surface area contributed by atoms with Crippen LogP contribution in [0.25, 0.3) is 0 Å². The Hall–Kier alpha value is -0.650. The molecule has 1 rings (SSSR count). The molecule has 1 atom stereocenters. The molecule has 20 heavy (non-hydrogen) atoms. The largest absolute Gasteiger partial charge is 0.383 e. The molecule has 4 nitrogen and oxygen atoms in total. The first-order valence-electron chi connectivity index (χ1n) is 7.22. The van der Waals surface area contributed by atoms with Crippen LogP contribution < -0.4 is 5.32 Å². The SMILES string of the molecule is CCC(C)SCc1nc(C)c(CNCCOC)c(C)n1. The summed E-state index contributed by atoms with van der Waals surface area (Å²) in [6, 6.07) is 0. The Bertz CT molecular complexity index is 389. The summed E-state index contributed by atoms with van der Waals surface area (Å²) >= 11 is 1.92. The van der Waals surface area contributed by atoms with Crippen molar-refractivity contribution in [1.29, 1.82) is 0 Å². The molecular weight excluding hydrogens is 270 g/mol.